The lowest BCUT2D eigenvalue weighted by Crippen LogP contribution is -2.35. The molecule has 3 rings (SSSR count). The highest BCUT2D eigenvalue weighted by Crippen LogP contribution is 2.38. The normalized spacial score (nSPS) is 12.5. The minimum atomic E-state index is -0.654. The van der Waals surface area contributed by atoms with E-state index in [-0.39, 0.29) is 12.5 Å². The maximum atomic E-state index is 12.7. The zero-order chi connectivity index (χ0) is 23.3. The van der Waals surface area contributed by atoms with Gasteiger partial charge in [0, 0.05) is 22.0 Å². The van der Waals surface area contributed by atoms with Crippen molar-refractivity contribution in [1.82, 2.24) is 5.32 Å². The maximum Gasteiger partial charge on any atom is 0.341 e. The number of carbonyl (C=O) groups excluding carboxylic acids is 4. The first-order valence-electron chi connectivity index (χ1n) is 10.2. The molecular weight excluding hydrogens is 498 g/mol. The number of halogens is 1. The second-order valence-corrected chi connectivity index (χ2v) is 9.48. The van der Waals surface area contributed by atoms with Gasteiger partial charge in [0.2, 0.25) is 11.8 Å². The van der Waals surface area contributed by atoms with Gasteiger partial charge in [-0.1, -0.05) is 15.9 Å². The van der Waals surface area contributed by atoms with Gasteiger partial charge >= 0.3 is 5.97 Å². The van der Waals surface area contributed by atoms with Crippen LogP contribution in [0.25, 0.3) is 0 Å². The van der Waals surface area contributed by atoms with Crippen molar-refractivity contribution in [3.05, 3.63) is 44.2 Å². The fourth-order valence-electron chi connectivity index (χ4n) is 3.42. The van der Waals surface area contributed by atoms with Gasteiger partial charge in [-0.3, -0.25) is 14.4 Å². The molecule has 0 atom stereocenters. The van der Waals surface area contributed by atoms with E-state index in [4.69, 9.17) is 4.74 Å². The molecule has 2 aromatic rings. The summed E-state index contributed by atoms with van der Waals surface area (Å²) in [5.74, 6) is -1.91. The molecule has 1 aromatic heterocycles. The molecule has 170 valence electrons. The fraction of sp³-hybridized carbons (Fsp3) is 0.364. The van der Waals surface area contributed by atoms with E-state index >= 15 is 0 Å². The van der Waals surface area contributed by atoms with Crippen molar-refractivity contribution in [2.45, 2.75) is 39.5 Å². The standard InChI is InChI=1S/C22H24BrN3O5S/c1-12-9-14(23)7-8-16(12)26-18(28)10-24-19(29)11-31-22(30)20-15-5-3-4-6-17(15)32-21(20)25-13(2)27/h7-9H,3-6,10-11H2,1-2H3,(H,24,29)(H,25,27)(H,26,28). The van der Waals surface area contributed by atoms with E-state index in [1.165, 1.54) is 18.3 Å². The molecule has 0 radical (unpaired) electrons. The number of anilines is 2. The van der Waals surface area contributed by atoms with Crippen molar-refractivity contribution in [3.63, 3.8) is 0 Å². The molecule has 0 spiro atoms. The molecule has 8 nitrogen and oxygen atoms in total. The van der Waals surface area contributed by atoms with Crippen LogP contribution in [0.1, 0.15) is 46.1 Å². The van der Waals surface area contributed by atoms with Crippen LogP contribution in [0.3, 0.4) is 0 Å². The van der Waals surface area contributed by atoms with Gasteiger partial charge in [0.15, 0.2) is 6.61 Å². The van der Waals surface area contributed by atoms with E-state index in [0.717, 1.165) is 46.2 Å². The Morgan fingerprint density at radius 2 is 1.84 bits per heavy atom. The quantitative estimate of drug-likeness (QED) is 0.482. The zero-order valence-electron chi connectivity index (χ0n) is 17.8. The maximum absolute atomic E-state index is 12.7. The number of nitrogens with one attached hydrogen (secondary N) is 3. The summed E-state index contributed by atoms with van der Waals surface area (Å²) in [6.45, 7) is 2.46. The van der Waals surface area contributed by atoms with Gasteiger partial charge < -0.3 is 20.7 Å². The van der Waals surface area contributed by atoms with Crippen LogP contribution < -0.4 is 16.0 Å². The summed E-state index contributed by atoms with van der Waals surface area (Å²) in [4.78, 5) is 49.5. The van der Waals surface area contributed by atoms with Crippen molar-refractivity contribution in [1.29, 1.82) is 0 Å². The van der Waals surface area contributed by atoms with Crippen molar-refractivity contribution < 1.29 is 23.9 Å². The summed E-state index contributed by atoms with van der Waals surface area (Å²) in [6.07, 6.45) is 3.58. The topological polar surface area (TPSA) is 114 Å². The van der Waals surface area contributed by atoms with E-state index in [9.17, 15) is 19.2 Å². The zero-order valence-corrected chi connectivity index (χ0v) is 20.2. The van der Waals surface area contributed by atoms with Crippen LogP contribution in [-0.4, -0.2) is 36.8 Å². The molecular formula is C22H24BrN3O5S. The predicted molar refractivity (Wildman–Crippen MR) is 126 cm³/mol. The van der Waals surface area contributed by atoms with E-state index in [1.807, 2.05) is 13.0 Å². The number of thiophene rings is 1. The number of amides is 3. The first kappa shape index (κ1) is 23.9. The van der Waals surface area contributed by atoms with Crippen LogP contribution in [-0.2, 0) is 32.0 Å². The lowest BCUT2D eigenvalue weighted by Gasteiger charge is -2.13. The van der Waals surface area contributed by atoms with Crippen LogP contribution in [0, 0.1) is 6.92 Å². The average molecular weight is 522 g/mol. The van der Waals surface area contributed by atoms with Crippen LogP contribution in [0.2, 0.25) is 0 Å². The Morgan fingerprint density at radius 1 is 1.09 bits per heavy atom. The van der Waals surface area contributed by atoms with E-state index in [0.29, 0.717) is 16.3 Å². The molecule has 1 aliphatic rings. The molecule has 0 saturated carbocycles. The molecule has 32 heavy (non-hydrogen) atoms. The predicted octanol–water partition coefficient (Wildman–Crippen LogP) is 3.57. The third-order valence-corrected chi connectivity index (χ3v) is 6.61. The van der Waals surface area contributed by atoms with Crippen molar-refractivity contribution >= 4 is 61.6 Å². The van der Waals surface area contributed by atoms with Crippen molar-refractivity contribution in [2.75, 3.05) is 23.8 Å². The monoisotopic (exact) mass is 521 g/mol. The summed E-state index contributed by atoms with van der Waals surface area (Å²) in [5.41, 5.74) is 2.74. The smallest absolute Gasteiger partial charge is 0.341 e. The number of hydrogen-bond donors (Lipinski definition) is 3. The van der Waals surface area contributed by atoms with Gasteiger partial charge in [0.25, 0.3) is 5.91 Å². The second-order valence-electron chi connectivity index (χ2n) is 7.46. The van der Waals surface area contributed by atoms with Gasteiger partial charge in [-0.2, -0.15) is 0 Å². The number of benzene rings is 1. The first-order valence-corrected chi connectivity index (χ1v) is 11.8. The Labute approximate surface area is 198 Å². The van der Waals surface area contributed by atoms with Crippen molar-refractivity contribution in [3.8, 4) is 0 Å². The molecule has 3 amide bonds. The molecule has 0 saturated heterocycles. The first-order chi connectivity index (χ1) is 15.2. The number of esters is 1. The molecule has 0 aliphatic heterocycles. The summed E-state index contributed by atoms with van der Waals surface area (Å²) < 4.78 is 6.09. The lowest BCUT2D eigenvalue weighted by molar-refractivity contribution is -0.126. The average Bonchev–Trinajstić information content (AvgIpc) is 3.09. The number of rotatable bonds is 7. The number of hydrogen-bond acceptors (Lipinski definition) is 6. The Kier molecular flexibility index (Phi) is 8.03. The molecule has 0 unspecified atom stereocenters. The number of ether oxygens (including phenoxy) is 1. The summed E-state index contributed by atoms with van der Waals surface area (Å²) >= 11 is 4.74. The van der Waals surface area contributed by atoms with Crippen molar-refractivity contribution in [2.24, 2.45) is 0 Å². The molecule has 0 fully saturated rings. The SMILES string of the molecule is CC(=O)Nc1sc2c(c1C(=O)OCC(=O)NCC(=O)Nc1ccc(Br)cc1C)CCCC2. The van der Waals surface area contributed by atoms with Gasteiger partial charge in [0.05, 0.1) is 12.1 Å². The Hall–Kier alpha value is -2.72. The Morgan fingerprint density at radius 3 is 2.56 bits per heavy atom. The molecule has 3 N–H and O–H groups in total. The number of fused-ring (bicyclic) bond motifs is 1. The molecule has 1 aliphatic carbocycles. The molecule has 10 heteroatoms. The summed E-state index contributed by atoms with van der Waals surface area (Å²) in [6, 6.07) is 5.43. The minimum Gasteiger partial charge on any atom is -0.452 e. The molecule has 0 bridgehead atoms. The molecule has 1 heterocycles. The summed E-state index contributed by atoms with van der Waals surface area (Å²) in [7, 11) is 0. The second kappa shape index (κ2) is 10.7. The number of carbonyl (C=O) groups is 4. The summed E-state index contributed by atoms with van der Waals surface area (Å²) in [5, 5.41) is 8.31. The lowest BCUT2D eigenvalue weighted by atomic mass is 9.95. The van der Waals surface area contributed by atoms with Crippen LogP contribution >= 0.6 is 27.3 Å². The largest absolute Gasteiger partial charge is 0.452 e. The van der Waals surface area contributed by atoms with E-state index in [2.05, 4.69) is 31.9 Å². The highest BCUT2D eigenvalue weighted by atomic mass is 79.9. The van der Waals surface area contributed by atoms with Crippen LogP contribution in [0.5, 0.6) is 0 Å². The van der Waals surface area contributed by atoms with Gasteiger partial charge in [-0.15, -0.1) is 11.3 Å². The van der Waals surface area contributed by atoms with Crippen LogP contribution in [0.4, 0.5) is 10.7 Å². The van der Waals surface area contributed by atoms with Gasteiger partial charge in [-0.05, 0) is 61.9 Å². The third kappa shape index (κ3) is 6.17. The van der Waals surface area contributed by atoms with E-state index in [1.54, 1.807) is 12.1 Å². The highest BCUT2D eigenvalue weighted by Gasteiger charge is 2.27. The Balaban J connectivity index is 1.53. The number of aryl methyl sites for hydroxylation is 2. The van der Waals surface area contributed by atoms with Gasteiger partial charge in [-0.25, -0.2) is 4.79 Å². The molecule has 1 aromatic carbocycles. The van der Waals surface area contributed by atoms with Gasteiger partial charge in [0.1, 0.15) is 5.00 Å². The third-order valence-electron chi connectivity index (χ3n) is 4.91. The fourth-order valence-corrected chi connectivity index (χ4v) is 5.22. The van der Waals surface area contributed by atoms with Crippen LogP contribution in [0.15, 0.2) is 22.7 Å². The Bertz CT molecular complexity index is 1070. The van der Waals surface area contributed by atoms with E-state index < -0.39 is 24.4 Å². The highest BCUT2D eigenvalue weighted by molar-refractivity contribution is 9.10. The minimum absolute atomic E-state index is 0.253.